The summed E-state index contributed by atoms with van der Waals surface area (Å²) in [5.41, 5.74) is 0.0850. The first-order chi connectivity index (χ1) is 13.4. The number of carbonyl (C=O) groups is 2. The van der Waals surface area contributed by atoms with Gasteiger partial charge in [0, 0.05) is 12.5 Å². The number of carbonyl (C=O) groups excluding carboxylic acids is 1. The Morgan fingerprint density at radius 2 is 1.93 bits per heavy atom. The maximum absolute atomic E-state index is 11.9. The van der Waals surface area contributed by atoms with Crippen molar-refractivity contribution in [3.05, 3.63) is 21.7 Å². The van der Waals surface area contributed by atoms with Crippen LogP contribution >= 0.6 is 15.9 Å². The van der Waals surface area contributed by atoms with Crippen LogP contribution in [0.15, 0.2) is 10.5 Å². The first-order valence-corrected chi connectivity index (χ1v) is 10.2. The molecule has 9 heteroatoms. The highest BCUT2D eigenvalue weighted by Crippen LogP contribution is 2.49. The number of halogens is 1. The number of ether oxygens (including phenoxy) is 4. The van der Waals surface area contributed by atoms with Crippen LogP contribution in [0.1, 0.15) is 56.5 Å². The lowest BCUT2D eigenvalue weighted by Gasteiger charge is -2.37. The van der Waals surface area contributed by atoms with Crippen molar-refractivity contribution in [2.45, 2.75) is 71.0 Å². The van der Waals surface area contributed by atoms with Crippen molar-refractivity contribution in [3.8, 4) is 11.5 Å². The average Bonchev–Trinajstić information content (AvgIpc) is 2.96. The molecule has 0 aromatic heterocycles. The van der Waals surface area contributed by atoms with Gasteiger partial charge in [-0.25, -0.2) is 9.59 Å². The maximum atomic E-state index is 11.9. The third-order valence-corrected chi connectivity index (χ3v) is 5.45. The van der Waals surface area contributed by atoms with Gasteiger partial charge in [0.2, 0.25) is 0 Å². The summed E-state index contributed by atoms with van der Waals surface area (Å²) in [6, 6.07) is 1.34. The molecule has 0 bridgehead atoms. The van der Waals surface area contributed by atoms with Crippen LogP contribution in [-0.4, -0.2) is 47.3 Å². The summed E-state index contributed by atoms with van der Waals surface area (Å²) in [4.78, 5) is 23.4. The second-order valence-corrected chi connectivity index (χ2v) is 9.31. The molecule has 1 saturated heterocycles. The van der Waals surface area contributed by atoms with Crippen molar-refractivity contribution in [2.75, 3.05) is 6.61 Å². The minimum Gasteiger partial charge on any atom is -0.478 e. The highest BCUT2D eigenvalue weighted by atomic mass is 79.9. The van der Waals surface area contributed by atoms with Crippen molar-refractivity contribution in [2.24, 2.45) is 0 Å². The van der Waals surface area contributed by atoms with Gasteiger partial charge < -0.3 is 29.4 Å². The molecule has 8 nitrogen and oxygen atoms in total. The van der Waals surface area contributed by atoms with Crippen molar-refractivity contribution in [1.82, 2.24) is 5.32 Å². The van der Waals surface area contributed by atoms with Crippen LogP contribution in [-0.2, 0) is 9.47 Å². The van der Waals surface area contributed by atoms with Crippen molar-refractivity contribution in [3.63, 3.8) is 0 Å². The lowest BCUT2D eigenvalue weighted by Crippen LogP contribution is -2.54. The number of fused-ring (bicyclic) bond motifs is 1. The Morgan fingerprint density at radius 3 is 2.48 bits per heavy atom. The molecule has 1 aromatic rings. The van der Waals surface area contributed by atoms with Crippen molar-refractivity contribution in [1.29, 1.82) is 0 Å². The zero-order valence-corrected chi connectivity index (χ0v) is 18.7. The Labute approximate surface area is 178 Å². The molecule has 1 fully saturated rings. The maximum Gasteiger partial charge on any atom is 0.407 e. The van der Waals surface area contributed by atoms with E-state index >= 15 is 0 Å². The molecule has 0 spiro atoms. The third-order valence-electron chi connectivity index (χ3n) is 4.86. The molecule has 160 valence electrons. The number of nitrogens with one attached hydrogen (secondary N) is 1. The van der Waals surface area contributed by atoms with E-state index in [1.165, 1.54) is 6.07 Å². The predicted molar refractivity (Wildman–Crippen MR) is 108 cm³/mol. The highest BCUT2D eigenvalue weighted by Gasteiger charge is 2.48. The Balaban J connectivity index is 1.66. The van der Waals surface area contributed by atoms with E-state index in [2.05, 4.69) is 21.2 Å². The smallest absolute Gasteiger partial charge is 0.407 e. The van der Waals surface area contributed by atoms with Crippen molar-refractivity contribution >= 4 is 28.0 Å². The summed E-state index contributed by atoms with van der Waals surface area (Å²) in [7, 11) is 0. The zero-order valence-electron chi connectivity index (χ0n) is 17.1. The number of carboxylic acids is 1. The first kappa shape index (κ1) is 21.7. The number of carboxylic acid groups (broad SMARTS) is 1. The topological polar surface area (TPSA) is 103 Å². The number of alkyl carbamates (subject to hydrolysis) is 1. The van der Waals surface area contributed by atoms with Gasteiger partial charge in [-0.1, -0.05) is 0 Å². The number of hydrogen-bond acceptors (Lipinski definition) is 6. The summed E-state index contributed by atoms with van der Waals surface area (Å²) in [6.07, 6.45) is 0.403. The second kappa shape index (κ2) is 7.68. The Morgan fingerprint density at radius 1 is 1.28 bits per heavy atom. The molecule has 29 heavy (non-hydrogen) atoms. The van der Waals surface area contributed by atoms with Gasteiger partial charge in [-0.3, -0.25) is 0 Å². The van der Waals surface area contributed by atoms with E-state index in [4.69, 9.17) is 18.9 Å². The molecule has 1 aromatic carbocycles. The molecule has 2 aliphatic heterocycles. The quantitative estimate of drug-likeness (QED) is 0.685. The van der Waals surface area contributed by atoms with Gasteiger partial charge in [-0.05, 0) is 62.5 Å². The lowest BCUT2D eigenvalue weighted by atomic mass is 9.99. The Hall–Kier alpha value is -2.00. The molecule has 3 rings (SSSR count). The fourth-order valence-electron chi connectivity index (χ4n) is 3.45. The van der Waals surface area contributed by atoms with Crippen molar-refractivity contribution < 1.29 is 33.6 Å². The zero-order chi connectivity index (χ0) is 21.6. The molecule has 0 saturated carbocycles. The molecule has 3 atom stereocenters. The minimum absolute atomic E-state index is 0.148. The normalized spacial score (nSPS) is 26.1. The van der Waals surface area contributed by atoms with Crippen LogP contribution in [0.2, 0.25) is 0 Å². The number of benzene rings is 1. The van der Waals surface area contributed by atoms with E-state index in [1.807, 2.05) is 20.8 Å². The van der Waals surface area contributed by atoms with E-state index in [0.717, 1.165) is 0 Å². The molecule has 2 aliphatic rings. The van der Waals surface area contributed by atoms with Gasteiger partial charge in [0.25, 0.3) is 5.79 Å². The monoisotopic (exact) mass is 471 g/mol. The van der Waals surface area contributed by atoms with Gasteiger partial charge >= 0.3 is 12.1 Å². The molecular weight excluding hydrogens is 446 g/mol. The summed E-state index contributed by atoms with van der Waals surface area (Å²) in [5.74, 6) is -1.26. The molecule has 1 unspecified atom stereocenters. The van der Waals surface area contributed by atoms with Crippen LogP contribution in [0, 0.1) is 6.92 Å². The van der Waals surface area contributed by atoms with Gasteiger partial charge in [-0.15, -0.1) is 0 Å². The first-order valence-electron chi connectivity index (χ1n) is 9.45. The highest BCUT2D eigenvalue weighted by molar-refractivity contribution is 9.10. The van der Waals surface area contributed by atoms with E-state index in [0.29, 0.717) is 41.0 Å². The minimum atomic E-state index is -1.09. The molecule has 2 heterocycles. The van der Waals surface area contributed by atoms with Crippen LogP contribution in [0.5, 0.6) is 11.5 Å². The SMILES string of the molecule is Cc1c(C(=O)O)cc(Br)c2c1OC(C)([C@@H]1CC[C@@H](NC(=O)OC(C)(C)C)CO1)O2. The molecule has 2 N–H and O–H groups in total. The van der Waals surface area contributed by atoms with Crippen LogP contribution < -0.4 is 14.8 Å². The molecule has 0 radical (unpaired) electrons. The number of amides is 1. The van der Waals surface area contributed by atoms with E-state index in [1.54, 1.807) is 13.8 Å². The third kappa shape index (κ3) is 4.61. The summed E-state index contributed by atoms with van der Waals surface area (Å²) >= 11 is 3.37. The standard InChI is InChI=1S/C20H26BrNO7/c1-10-12(17(23)24)8-13(21)16-15(10)27-20(5,28-16)14-7-6-11(9-26-14)22-18(25)29-19(2,3)4/h8,11,14H,6-7,9H2,1-5H3,(H,22,25)(H,23,24)/t11-,14+,20?/m1/s1. The van der Waals surface area contributed by atoms with Gasteiger partial charge in [0.15, 0.2) is 11.5 Å². The lowest BCUT2D eigenvalue weighted by molar-refractivity contribution is -0.185. The fraction of sp³-hybridized carbons (Fsp3) is 0.600. The summed E-state index contributed by atoms with van der Waals surface area (Å²) in [6.45, 7) is 9.18. The molecule has 1 amide bonds. The second-order valence-electron chi connectivity index (χ2n) is 8.46. The van der Waals surface area contributed by atoms with E-state index < -0.39 is 23.5 Å². The molecular formula is C20H26BrNO7. The Kier molecular flexibility index (Phi) is 5.75. The van der Waals surface area contributed by atoms with Crippen LogP contribution in [0.25, 0.3) is 0 Å². The van der Waals surface area contributed by atoms with E-state index in [9.17, 15) is 14.7 Å². The average molecular weight is 472 g/mol. The van der Waals surface area contributed by atoms with Gasteiger partial charge in [0.05, 0.1) is 22.7 Å². The summed E-state index contributed by atoms with van der Waals surface area (Å²) in [5, 5.41) is 12.2. The largest absolute Gasteiger partial charge is 0.478 e. The number of rotatable bonds is 3. The van der Waals surface area contributed by atoms with Gasteiger partial charge in [-0.2, -0.15) is 0 Å². The van der Waals surface area contributed by atoms with E-state index in [-0.39, 0.29) is 17.7 Å². The van der Waals surface area contributed by atoms with Gasteiger partial charge in [0.1, 0.15) is 11.7 Å². The number of hydrogen-bond donors (Lipinski definition) is 2. The van der Waals surface area contributed by atoms with Crippen LogP contribution in [0.3, 0.4) is 0 Å². The predicted octanol–water partition coefficient (Wildman–Crippen LogP) is 4.02. The Bertz CT molecular complexity index is 827. The fourth-order valence-corrected chi connectivity index (χ4v) is 3.94. The number of aromatic carboxylic acids is 1. The summed E-state index contributed by atoms with van der Waals surface area (Å²) < 4.78 is 23.9. The van der Waals surface area contributed by atoms with Crippen LogP contribution in [0.4, 0.5) is 4.79 Å². The molecule has 0 aliphatic carbocycles.